The third-order valence-corrected chi connectivity index (χ3v) is 7.76. The fourth-order valence-corrected chi connectivity index (χ4v) is 6.04. The van der Waals surface area contributed by atoms with Gasteiger partial charge in [-0.2, -0.15) is 0 Å². The van der Waals surface area contributed by atoms with Crippen LogP contribution in [0, 0.1) is 10.1 Å². The standard InChI is InChI=1S/C21H24N4O4S2/c1-2-14-5-3-4-11-23(14)18(26)13-31-21-22-17-10-12-30-19(17)20(27)24(21)15-6-8-16(9-7-15)25(28)29/h6-9,14H,2-5,10-13H2,1H3. The van der Waals surface area contributed by atoms with Crippen molar-refractivity contribution in [1.29, 1.82) is 0 Å². The molecule has 164 valence electrons. The van der Waals surface area contributed by atoms with E-state index in [1.54, 1.807) is 12.1 Å². The Morgan fingerprint density at radius 1 is 1.32 bits per heavy atom. The molecule has 0 radical (unpaired) electrons. The molecule has 0 bridgehead atoms. The number of piperidine rings is 1. The van der Waals surface area contributed by atoms with Gasteiger partial charge in [0.05, 0.1) is 27.0 Å². The van der Waals surface area contributed by atoms with Crippen molar-refractivity contribution in [2.45, 2.75) is 55.1 Å². The summed E-state index contributed by atoms with van der Waals surface area (Å²) in [5, 5.41) is 11.4. The van der Waals surface area contributed by atoms with Gasteiger partial charge in [-0.1, -0.05) is 18.7 Å². The van der Waals surface area contributed by atoms with Gasteiger partial charge in [-0.15, -0.1) is 11.8 Å². The molecule has 10 heteroatoms. The van der Waals surface area contributed by atoms with Crippen LogP contribution < -0.4 is 5.56 Å². The SMILES string of the molecule is CCC1CCCCN1C(=O)CSc1nc2c(c(=O)n1-c1ccc([N+](=O)[O-])cc1)SCC2. The van der Waals surface area contributed by atoms with E-state index >= 15 is 0 Å². The number of aromatic nitrogens is 2. The zero-order valence-electron chi connectivity index (χ0n) is 17.3. The molecule has 0 N–H and O–H groups in total. The van der Waals surface area contributed by atoms with Gasteiger partial charge in [0.25, 0.3) is 11.2 Å². The Balaban J connectivity index is 1.64. The molecule has 8 nitrogen and oxygen atoms in total. The number of benzene rings is 1. The molecule has 3 heterocycles. The summed E-state index contributed by atoms with van der Waals surface area (Å²) >= 11 is 2.75. The van der Waals surface area contributed by atoms with E-state index in [9.17, 15) is 19.7 Å². The van der Waals surface area contributed by atoms with Crippen LogP contribution in [0.25, 0.3) is 5.69 Å². The number of hydrogen-bond donors (Lipinski definition) is 0. The second kappa shape index (κ2) is 9.44. The molecule has 1 saturated heterocycles. The Bertz CT molecular complexity index is 1050. The van der Waals surface area contributed by atoms with E-state index in [2.05, 4.69) is 6.92 Å². The summed E-state index contributed by atoms with van der Waals surface area (Å²) in [6, 6.07) is 6.14. The highest BCUT2D eigenvalue weighted by Crippen LogP contribution is 2.31. The quantitative estimate of drug-likeness (QED) is 0.281. The summed E-state index contributed by atoms with van der Waals surface area (Å²) in [5.41, 5.74) is 1.06. The van der Waals surface area contributed by atoms with Crippen LogP contribution in [0.15, 0.2) is 39.1 Å². The number of nitro groups is 1. The van der Waals surface area contributed by atoms with Crippen molar-refractivity contribution in [2.75, 3.05) is 18.1 Å². The predicted octanol–water partition coefficient (Wildman–Crippen LogP) is 3.67. The minimum absolute atomic E-state index is 0.0413. The molecule has 2 aliphatic heterocycles. The van der Waals surface area contributed by atoms with Gasteiger partial charge in [0, 0.05) is 36.9 Å². The first-order valence-corrected chi connectivity index (χ1v) is 12.4. The Morgan fingerprint density at radius 3 is 2.81 bits per heavy atom. The lowest BCUT2D eigenvalue weighted by Crippen LogP contribution is -2.44. The van der Waals surface area contributed by atoms with Crippen LogP contribution in [-0.4, -0.2) is 49.4 Å². The van der Waals surface area contributed by atoms with Gasteiger partial charge in [-0.25, -0.2) is 4.98 Å². The van der Waals surface area contributed by atoms with Crippen molar-refractivity contribution in [3.63, 3.8) is 0 Å². The number of carbonyl (C=O) groups excluding carboxylic acids is 1. The van der Waals surface area contributed by atoms with Crippen LogP contribution in [0.1, 0.15) is 38.3 Å². The zero-order chi connectivity index (χ0) is 22.0. The molecule has 1 unspecified atom stereocenters. The average Bonchev–Trinajstić information content (AvgIpc) is 3.26. The normalized spacial score (nSPS) is 18.1. The monoisotopic (exact) mass is 460 g/mol. The van der Waals surface area contributed by atoms with E-state index in [1.165, 1.54) is 40.2 Å². The largest absolute Gasteiger partial charge is 0.339 e. The Kier molecular flexibility index (Phi) is 6.66. The van der Waals surface area contributed by atoms with Crippen LogP contribution in [0.3, 0.4) is 0 Å². The zero-order valence-corrected chi connectivity index (χ0v) is 18.9. The first kappa shape index (κ1) is 21.9. The summed E-state index contributed by atoms with van der Waals surface area (Å²) in [7, 11) is 0. The maximum Gasteiger partial charge on any atom is 0.272 e. The predicted molar refractivity (Wildman–Crippen MR) is 121 cm³/mol. The topological polar surface area (TPSA) is 98.3 Å². The lowest BCUT2D eigenvalue weighted by molar-refractivity contribution is -0.384. The first-order valence-electron chi connectivity index (χ1n) is 10.5. The molecule has 1 aromatic carbocycles. The van der Waals surface area contributed by atoms with E-state index in [0.717, 1.165) is 50.1 Å². The Labute approximate surface area is 188 Å². The highest BCUT2D eigenvalue weighted by atomic mass is 32.2. The number of carbonyl (C=O) groups is 1. The van der Waals surface area contributed by atoms with E-state index in [4.69, 9.17) is 4.98 Å². The van der Waals surface area contributed by atoms with Crippen LogP contribution in [0.4, 0.5) is 5.69 Å². The molecule has 1 aromatic heterocycles. The van der Waals surface area contributed by atoms with E-state index in [0.29, 0.717) is 15.7 Å². The second-order valence-electron chi connectivity index (χ2n) is 7.62. The van der Waals surface area contributed by atoms with Gasteiger partial charge in [0.1, 0.15) is 0 Å². The van der Waals surface area contributed by atoms with Gasteiger partial charge in [-0.3, -0.25) is 24.3 Å². The maximum atomic E-state index is 13.2. The van der Waals surface area contributed by atoms with Gasteiger partial charge in [0.2, 0.25) is 5.91 Å². The van der Waals surface area contributed by atoms with Gasteiger partial charge in [0.15, 0.2) is 5.16 Å². The summed E-state index contributed by atoms with van der Waals surface area (Å²) in [6.07, 6.45) is 4.88. The molecule has 1 fully saturated rings. The molecule has 1 amide bonds. The second-order valence-corrected chi connectivity index (χ2v) is 9.66. The number of fused-ring (bicyclic) bond motifs is 1. The molecule has 0 spiro atoms. The van der Waals surface area contributed by atoms with Crippen molar-refractivity contribution < 1.29 is 9.72 Å². The van der Waals surface area contributed by atoms with E-state index in [-0.39, 0.29) is 28.9 Å². The summed E-state index contributed by atoms with van der Waals surface area (Å²) in [5.74, 6) is 1.08. The number of nitrogens with zero attached hydrogens (tertiary/aromatic N) is 4. The van der Waals surface area contributed by atoms with Gasteiger partial charge < -0.3 is 4.90 Å². The molecular formula is C21H24N4O4S2. The summed E-state index contributed by atoms with van der Waals surface area (Å²) in [4.78, 5) is 44.0. The van der Waals surface area contributed by atoms with Crippen LogP contribution in [0.5, 0.6) is 0 Å². The number of non-ortho nitro benzene ring substituents is 1. The van der Waals surface area contributed by atoms with Crippen molar-refractivity contribution >= 4 is 35.1 Å². The number of rotatable bonds is 6. The summed E-state index contributed by atoms with van der Waals surface area (Å²) < 4.78 is 1.48. The number of hydrogen-bond acceptors (Lipinski definition) is 7. The molecule has 1 atom stereocenters. The maximum absolute atomic E-state index is 13.2. The molecule has 0 aliphatic carbocycles. The smallest absolute Gasteiger partial charge is 0.272 e. The highest BCUT2D eigenvalue weighted by molar-refractivity contribution is 8.00. The molecule has 0 saturated carbocycles. The molecule has 4 rings (SSSR count). The average molecular weight is 461 g/mol. The fourth-order valence-electron chi connectivity index (χ4n) is 4.10. The third-order valence-electron chi connectivity index (χ3n) is 5.73. The Hall–Kier alpha value is -2.33. The number of thioether (sulfide) groups is 2. The molecule has 2 aromatic rings. The fraction of sp³-hybridized carbons (Fsp3) is 0.476. The number of aryl methyl sites for hydroxylation is 1. The number of amides is 1. The molecular weight excluding hydrogens is 436 g/mol. The lowest BCUT2D eigenvalue weighted by Gasteiger charge is -2.35. The minimum atomic E-state index is -0.472. The van der Waals surface area contributed by atoms with E-state index in [1.807, 2.05) is 4.90 Å². The number of nitro benzene ring substituents is 1. The lowest BCUT2D eigenvalue weighted by atomic mass is 10.0. The van der Waals surface area contributed by atoms with Crippen molar-refractivity contribution in [3.05, 3.63) is 50.4 Å². The van der Waals surface area contributed by atoms with Crippen molar-refractivity contribution in [2.24, 2.45) is 0 Å². The van der Waals surface area contributed by atoms with Crippen LogP contribution in [0.2, 0.25) is 0 Å². The molecule has 31 heavy (non-hydrogen) atoms. The Morgan fingerprint density at radius 2 is 2.10 bits per heavy atom. The van der Waals surface area contributed by atoms with Gasteiger partial charge >= 0.3 is 0 Å². The minimum Gasteiger partial charge on any atom is -0.339 e. The third kappa shape index (κ3) is 4.50. The van der Waals surface area contributed by atoms with Crippen LogP contribution >= 0.6 is 23.5 Å². The van der Waals surface area contributed by atoms with Gasteiger partial charge in [-0.05, 0) is 37.8 Å². The molecule has 2 aliphatic rings. The van der Waals surface area contributed by atoms with Crippen LogP contribution in [-0.2, 0) is 11.2 Å². The van der Waals surface area contributed by atoms with Crippen molar-refractivity contribution in [3.8, 4) is 5.69 Å². The van der Waals surface area contributed by atoms with E-state index < -0.39 is 4.92 Å². The summed E-state index contributed by atoms with van der Waals surface area (Å²) in [6.45, 7) is 2.89. The first-order chi connectivity index (χ1) is 15.0. The number of likely N-dealkylation sites (tertiary alicyclic amines) is 1. The van der Waals surface area contributed by atoms with Crippen molar-refractivity contribution in [1.82, 2.24) is 14.5 Å². The highest BCUT2D eigenvalue weighted by Gasteiger charge is 2.27.